The van der Waals surface area contributed by atoms with Gasteiger partial charge in [-0.05, 0) is 56.5 Å². The molecule has 12 heteroatoms. The van der Waals surface area contributed by atoms with E-state index in [-0.39, 0.29) is 34.2 Å². The lowest BCUT2D eigenvalue weighted by Gasteiger charge is -2.30. The summed E-state index contributed by atoms with van der Waals surface area (Å²) in [4.78, 5) is 26.6. The normalized spacial score (nSPS) is 17.4. The van der Waals surface area contributed by atoms with Crippen molar-refractivity contribution in [2.75, 3.05) is 19.7 Å². The highest BCUT2D eigenvalue weighted by atomic mass is 32.2. The van der Waals surface area contributed by atoms with E-state index in [2.05, 4.69) is 10.7 Å². The maximum atomic E-state index is 14.8. The van der Waals surface area contributed by atoms with Crippen molar-refractivity contribution in [3.05, 3.63) is 76.6 Å². The predicted molar refractivity (Wildman–Crippen MR) is 145 cm³/mol. The van der Waals surface area contributed by atoms with Gasteiger partial charge in [-0.15, -0.1) is 0 Å². The van der Waals surface area contributed by atoms with Crippen LogP contribution >= 0.6 is 0 Å². The minimum Gasteiger partial charge on any atom is -0.462 e. The van der Waals surface area contributed by atoms with Crippen molar-refractivity contribution in [2.24, 2.45) is 0 Å². The van der Waals surface area contributed by atoms with Gasteiger partial charge in [0.25, 0.3) is 5.91 Å². The minimum absolute atomic E-state index is 0.0172. The number of benzene rings is 2. The third-order valence-electron chi connectivity index (χ3n) is 6.57. The fourth-order valence-corrected chi connectivity index (χ4v) is 6.43. The molecule has 4 rings (SSSR count). The Morgan fingerprint density at radius 3 is 2.27 bits per heavy atom. The largest absolute Gasteiger partial charge is 0.462 e. The number of hydrogen-bond acceptors (Lipinski definition) is 7. The van der Waals surface area contributed by atoms with Crippen LogP contribution < -0.4 is 10.7 Å². The monoisotopic (exact) mass is 574 g/mol. The molecular formula is C28H32F2N4O5S. The first-order chi connectivity index (χ1) is 19.0. The van der Waals surface area contributed by atoms with Crippen LogP contribution in [0.15, 0.2) is 58.8 Å². The minimum atomic E-state index is -3.76. The number of ether oxygens (including phenoxy) is 1. The molecule has 1 unspecified atom stereocenters. The van der Waals surface area contributed by atoms with E-state index >= 15 is 0 Å². The second-order valence-electron chi connectivity index (χ2n) is 9.40. The summed E-state index contributed by atoms with van der Waals surface area (Å²) in [5, 5.41) is 4.18. The van der Waals surface area contributed by atoms with Crippen LogP contribution in [0.3, 0.4) is 0 Å². The first-order valence-electron chi connectivity index (χ1n) is 13.1. The van der Waals surface area contributed by atoms with Gasteiger partial charge in [0.1, 0.15) is 17.5 Å². The van der Waals surface area contributed by atoms with Crippen LogP contribution in [0.4, 0.5) is 8.78 Å². The molecule has 40 heavy (non-hydrogen) atoms. The van der Waals surface area contributed by atoms with E-state index in [1.807, 2.05) is 13.8 Å². The van der Waals surface area contributed by atoms with Crippen molar-refractivity contribution < 1.29 is 31.5 Å². The van der Waals surface area contributed by atoms with Crippen LogP contribution in [0.1, 0.15) is 51.7 Å². The van der Waals surface area contributed by atoms with Gasteiger partial charge in [-0.25, -0.2) is 32.4 Å². The van der Waals surface area contributed by atoms with Gasteiger partial charge in [-0.1, -0.05) is 26.0 Å². The van der Waals surface area contributed by atoms with E-state index < -0.39 is 39.6 Å². The molecule has 2 aliphatic rings. The number of carbonyl (C=O) groups is 2. The lowest BCUT2D eigenvalue weighted by Crippen LogP contribution is -2.49. The lowest BCUT2D eigenvalue weighted by molar-refractivity contribution is -0.142. The van der Waals surface area contributed by atoms with Crippen molar-refractivity contribution in [3.63, 3.8) is 0 Å². The molecule has 0 fully saturated rings. The zero-order valence-electron chi connectivity index (χ0n) is 22.8. The van der Waals surface area contributed by atoms with Crippen molar-refractivity contribution in [1.82, 2.24) is 20.1 Å². The molecule has 214 valence electrons. The Morgan fingerprint density at radius 1 is 1.05 bits per heavy atom. The highest BCUT2D eigenvalue weighted by Crippen LogP contribution is 2.36. The maximum absolute atomic E-state index is 14.8. The molecule has 0 radical (unpaired) electrons. The topological polar surface area (TPSA) is 108 Å². The average molecular weight is 575 g/mol. The van der Waals surface area contributed by atoms with Gasteiger partial charge >= 0.3 is 5.97 Å². The van der Waals surface area contributed by atoms with Crippen molar-refractivity contribution in [2.45, 2.75) is 51.5 Å². The van der Waals surface area contributed by atoms with Gasteiger partial charge in [0.05, 0.1) is 23.2 Å². The molecule has 1 atom stereocenters. The smallest absolute Gasteiger partial charge is 0.346 e. The molecule has 2 aliphatic heterocycles. The molecule has 0 bridgehead atoms. The molecule has 2 N–H and O–H groups in total. The van der Waals surface area contributed by atoms with Crippen LogP contribution in [-0.2, 0) is 24.3 Å². The van der Waals surface area contributed by atoms with E-state index in [9.17, 15) is 26.8 Å². The van der Waals surface area contributed by atoms with E-state index in [0.29, 0.717) is 37.1 Å². The number of halogens is 2. The quantitative estimate of drug-likeness (QED) is 0.329. The molecule has 2 heterocycles. The number of esters is 1. The average Bonchev–Trinajstić information content (AvgIpc) is 3.24. The summed E-state index contributed by atoms with van der Waals surface area (Å²) in [6.45, 7) is 7.88. The number of fused-ring (bicyclic) bond motifs is 1. The Bertz CT molecular complexity index is 1480. The first-order valence-corrected chi connectivity index (χ1v) is 14.6. The molecule has 0 saturated carbocycles. The van der Waals surface area contributed by atoms with Gasteiger partial charge in [-0.2, -0.15) is 4.31 Å². The Morgan fingerprint density at radius 2 is 1.70 bits per heavy atom. The van der Waals surface area contributed by atoms with Gasteiger partial charge in [0.15, 0.2) is 5.57 Å². The van der Waals surface area contributed by atoms with Gasteiger partial charge < -0.3 is 10.1 Å². The number of hydrogen-bond donors (Lipinski definition) is 2. The van der Waals surface area contributed by atoms with E-state index in [0.717, 1.165) is 17.1 Å². The number of carbonyl (C=O) groups excluding carboxylic acids is 2. The second-order valence-corrected chi connectivity index (χ2v) is 11.3. The first kappa shape index (κ1) is 29.4. The third kappa shape index (κ3) is 5.38. The van der Waals surface area contributed by atoms with E-state index in [4.69, 9.17) is 4.74 Å². The van der Waals surface area contributed by atoms with Crippen molar-refractivity contribution >= 4 is 33.2 Å². The SMILES string of the molecule is CCCN(CCC)S(=O)(=O)c1ccc(C2=C(C(=O)OCC)C(=O)N3NC(C)C(c4ccc(F)cc4F)=C3N2)cc1. The van der Waals surface area contributed by atoms with Gasteiger partial charge in [0.2, 0.25) is 10.0 Å². The highest BCUT2D eigenvalue weighted by molar-refractivity contribution is 7.89. The molecule has 0 aliphatic carbocycles. The zero-order chi connectivity index (χ0) is 29.2. The van der Waals surface area contributed by atoms with E-state index in [1.54, 1.807) is 13.8 Å². The predicted octanol–water partition coefficient (Wildman–Crippen LogP) is 3.76. The Labute approximate surface area is 232 Å². The third-order valence-corrected chi connectivity index (χ3v) is 8.49. The maximum Gasteiger partial charge on any atom is 0.346 e. The zero-order valence-corrected chi connectivity index (χ0v) is 23.6. The fraction of sp³-hybridized carbons (Fsp3) is 0.357. The highest BCUT2D eigenvalue weighted by Gasteiger charge is 2.43. The number of rotatable bonds is 10. The summed E-state index contributed by atoms with van der Waals surface area (Å²) in [7, 11) is -3.76. The Balaban J connectivity index is 1.83. The lowest BCUT2D eigenvalue weighted by atomic mass is 9.98. The Hall–Kier alpha value is -3.61. The van der Waals surface area contributed by atoms with Crippen LogP contribution in [0.25, 0.3) is 11.3 Å². The van der Waals surface area contributed by atoms with Gasteiger partial charge in [0, 0.05) is 30.3 Å². The molecular weight excluding hydrogens is 542 g/mol. The number of sulfonamides is 1. The van der Waals surface area contributed by atoms with Gasteiger partial charge in [-0.3, -0.25) is 4.79 Å². The van der Waals surface area contributed by atoms with Crippen molar-refractivity contribution in [1.29, 1.82) is 0 Å². The second kappa shape index (κ2) is 11.9. The molecule has 2 aromatic rings. The number of nitrogens with one attached hydrogen (secondary N) is 2. The molecule has 0 spiro atoms. The number of hydrazine groups is 1. The standard InChI is InChI=1S/C28H32F2N4O5S/c1-5-14-33(15-6-2)40(37,38)20-11-8-18(9-12-20)25-24(28(36)39-7-3)27(35)34-26(31-25)23(17(4)32-34)21-13-10-19(29)16-22(21)30/h8-13,16-17,31-32H,5-7,14-15H2,1-4H3. The summed E-state index contributed by atoms with van der Waals surface area (Å²) in [5.74, 6) is -3.00. The molecule has 2 aromatic carbocycles. The van der Waals surface area contributed by atoms with Crippen LogP contribution in [-0.4, -0.2) is 55.3 Å². The summed E-state index contributed by atoms with van der Waals surface area (Å²) < 4.78 is 61.5. The van der Waals surface area contributed by atoms with Crippen LogP contribution in [0.5, 0.6) is 0 Å². The number of amides is 1. The number of nitrogens with zero attached hydrogens (tertiary/aromatic N) is 2. The summed E-state index contributed by atoms with van der Waals surface area (Å²) in [6, 6.07) is 8.41. The molecule has 0 aromatic heterocycles. The summed E-state index contributed by atoms with van der Waals surface area (Å²) >= 11 is 0. The summed E-state index contributed by atoms with van der Waals surface area (Å²) in [6.07, 6.45) is 1.32. The van der Waals surface area contributed by atoms with Crippen molar-refractivity contribution in [3.8, 4) is 0 Å². The Kier molecular flexibility index (Phi) is 8.71. The molecule has 1 amide bonds. The molecule has 9 nitrogen and oxygen atoms in total. The molecule has 0 saturated heterocycles. The van der Waals surface area contributed by atoms with Crippen LogP contribution in [0, 0.1) is 11.6 Å². The van der Waals surface area contributed by atoms with E-state index in [1.165, 1.54) is 34.6 Å². The van der Waals surface area contributed by atoms with Crippen LogP contribution in [0.2, 0.25) is 0 Å². The summed E-state index contributed by atoms with van der Waals surface area (Å²) in [5.41, 5.74) is 3.46. The fourth-order valence-electron chi connectivity index (χ4n) is 4.80.